The Balaban J connectivity index is 1.47. The minimum Gasteiger partial charge on any atom is -0.492 e. The number of carbonyl (C=O) groups excluding carboxylic acids is 1. The summed E-state index contributed by atoms with van der Waals surface area (Å²) in [6.45, 7) is 3.31. The monoisotopic (exact) mass is 418 g/mol. The summed E-state index contributed by atoms with van der Waals surface area (Å²) in [7, 11) is 0. The maximum Gasteiger partial charge on any atom is 0.246 e. The van der Waals surface area contributed by atoms with Gasteiger partial charge in [0.2, 0.25) is 5.91 Å². The number of ether oxygens (including phenoxy) is 3. The third kappa shape index (κ3) is 5.16. The van der Waals surface area contributed by atoms with Gasteiger partial charge < -0.3 is 19.5 Å². The van der Waals surface area contributed by atoms with E-state index in [1.165, 1.54) is 0 Å². The summed E-state index contributed by atoms with van der Waals surface area (Å²) in [4.78, 5) is 13.2. The Morgan fingerprint density at radius 3 is 2.52 bits per heavy atom. The standard InChI is InChI=1S/C25H26N2O4/c1-2-29-21-13-7-6-12-20(21)27-25(28)24(18-10-4-3-5-11-18)26-16-19-17-30-22-14-8-9-15-23(22)31-19/h3-15,19,24,26H,2,16-17H2,1H3,(H,27,28)/t19-,24+/m1/s1. The Labute approximate surface area is 182 Å². The van der Waals surface area contributed by atoms with Crippen molar-refractivity contribution in [3.8, 4) is 17.2 Å². The molecular formula is C25H26N2O4. The molecule has 0 fully saturated rings. The molecule has 6 heteroatoms. The van der Waals surface area contributed by atoms with Gasteiger partial charge in [0.05, 0.1) is 12.3 Å². The van der Waals surface area contributed by atoms with Crippen LogP contribution in [0.25, 0.3) is 0 Å². The van der Waals surface area contributed by atoms with E-state index in [9.17, 15) is 4.79 Å². The van der Waals surface area contributed by atoms with Crippen LogP contribution in [0.4, 0.5) is 5.69 Å². The molecule has 160 valence electrons. The van der Waals surface area contributed by atoms with Crippen LogP contribution in [0, 0.1) is 0 Å². The molecule has 0 aromatic heterocycles. The van der Waals surface area contributed by atoms with E-state index < -0.39 is 6.04 Å². The fourth-order valence-corrected chi connectivity index (χ4v) is 3.48. The van der Waals surface area contributed by atoms with Gasteiger partial charge in [-0.3, -0.25) is 10.1 Å². The van der Waals surface area contributed by atoms with E-state index in [0.717, 1.165) is 11.3 Å². The van der Waals surface area contributed by atoms with Crippen LogP contribution >= 0.6 is 0 Å². The summed E-state index contributed by atoms with van der Waals surface area (Å²) in [5.74, 6) is 1.93. The molecule has 3 aromatic carbocycles. The zero-order valence-electron chi connectivity index (χ0n) is 17.4. The number of para-hydroxylation sites is 4. The van der Waals surface area contributed by atoms with Crippen molar-refractivity contribution in [3.63, 3.8) is 0 Å². The number of nitrogens with one attached hydrogen (secondary N) is 2. The molecule has 0 unspecified atom stereocenters. The summed E-state index contributed by atoms with van der Waals surface area (Å²) in [6.07, 6.45) is -0.204. The zero-order valence-corrected chi connectivity index (χ0v) is 17.4. The lowest BCUT2D eigenvalue weighted by Gasteiger charge is -2.28. The molecule has 2 N–H and O–H groups in total. The maximum absolute atomic E-state index is 13.2. The quantitative estimate of drug-likeness (QED) is 0.574. The van der Waals surface area contributed by atoms with Gasteiger partial charge in [-0.25, -0.2) is 0 Å². The molecule has 3 aromatic rings. The first kappa shape index (κ1) is 20.8. The molecular weight excluding hydrogens is 392 g/mol. The van der Waals surface area contributed by atoms with Crippen molar-refractivity contribution < 1.29 is 19.0 Å². The van der Waals surface area contributed by atoms with E-state index in [1.54, 1.807) is 0 Å². The smallest absolute Gasteiger partial charge is 0.246 e. The van der Waals surface area contributed by atoms with E-state index in [1.807, 2.05) is 85.8 Å². The molecule has 0 aliphatic carbocycles. The van der Waals surface area contributed by atoms with Gasteiger partial charge in [-0.15, -0.1) is 0 Å². The van der Waals surface area contributed by atoms with Gasteiger partial charge in [-0.05, 0) is 36.8 Å². The first-order valence-electron chi connectivity index (χ1n) is 10.4. The predicted octanol–water partition coefficient (Wildman–Crippen LogP) is 4.19. The maximum atomic E-state index is 13.2. The summed E-state index contributed by atoms with van der Waals surface area (Å²) in [5, 5.41) is 6.35. The van der Waals surface area contributed by atoms with Crippen molar-refractivity contribution in [3.05, 3.63) is 84.4 Å². The molecule has 1 aliphatic heterocycles. The fourth-order valence-electron chi connectivity index (χ4n) is 3.48. The first-order valence-corrected chi connectivity index (χ1v) is 10.4. The van der Waals surface area contributed by atoms with Crippen molar-refractivity contribution in [2.45, 2.75) is 19.1 Å². The minimum absolute atomic E-state index is 0.171. The largest absolute Gasteiger partial charge is 0.492 e. The number of amides is 1. The number of fused-ring (bicyclic) bond motifs is 1. The highest BCUT2D eigenvalue weighted by molar-refractivity contribution is 5.96. The molecule has 0 bridgehead atoms. The second-order valence-corrected chi connectivity index (χ2v) is 7.17. The van der Waals surface area contributed by atoms with Crippen LogP contribution in [-0.2, 0) is 4.79 Å². The van der Waals surface area contributed by atoms with Crippen LogP contribution in [0.5, 0.6) is 17.2 Å². The number of hydrogen-bond acceptors (Lipinski definition) is 5. The van der Waals surface area contributed by atoms with Crippen molar-refractivity contribution in [2.75, 3.05) is 25.1 Å². The fraction of sp³-hybridized carbons (Fsp3) is 0.240. The van der Waals surface area contributed by atoms with Crippen molar-refractivity contribution in [1.82, 2.24) is 5.32 Å². The number of rotatable bonds is 8. The average Bonchev–Trinajstić information content (AvgIpc) is 2.81. The Morgan fingerprint density at radius 2 is 1.71 bits per heavy atom. The summed E-state index contributed by atoms with van der Waals surface area (Å²) in [5.41, 5.74) is 1.51. The lowest BCUT2D eigenvalue weighted by Crippen LogP contribution is -2.42. The average molecular weight is 418 g/mol. The second-order valence-electron chi connectivity index (χ2n) is 7.17. The van der Waals surface area contributed by atoms with Gasteiger partial charge in [0.25, 0.3) is 0 Å². The van der Waals surface area contributed by atoms with Gasteiger partial charge in [0.15, 0.2) is 11.5 Å². The van der Waals surface area contributed by atoms with Crippen LogP contribution < -0.4 is 24.8 Å². The molecule has 1 heterocycles. The third-order valence-electron chi connectivity index (χ3n) is 4.96. The predicted molar refractivity (Wildman–Crippen MR) is 120 cm³/mol. The Hall–Kier alpha value is -3.51. The Kier molecular flexibility index (Phi) is 6.69. The molecule has 1 amide bonds. The summed E-state index contributed by atoms with van der Waals surface area (Å²) in [6, 6.07) is 24.1. The van der Waals surface area contributed by atoms with Crippen LogP contribution in [0.2, 0.25) is 0 Å². The first-order chi connectivity index (χ1) is 15.2. The number of benzene rings is 3. The zero-order chi connectivity index (χ0) is 21.5. The highest BCUT2D eigenvalue weighted by Gasteiger charge is 2.25. The SMILES string of the molecule is CCOc1ccccc1NC(=O)[C@@H](NC[C@@H]1COc2ccccc2O1)c1ccccc1. The van der Waals surface area contributed by atoms with Crippen molar-refractivity contribution in [1.29, 1.82) is 0 Å². The third-order valence-corrected chi connectivity index (χ3v) is 4.96. The normalized spacial score (nSPS) is 15.7. The molecule has 2 atom stereocenters. The number of anilines is 1. The molecule has 6 nitrogen and oxygen atoms in total. The highest BCUT2D eigenvalue weighted by Crippen LogP contribution is 2.31. The van der Waals surface area contributed by atoms with E-state index in [4.69, 9.17) is 14.2 Å². The van der Waals surface area contributed by atoms with E-state index in [0.29, 0.717) is 36.9 Å². The lowest BCUT2D eigenvalue weighted by molar-refractivity contribution is -0.118. The molecule has 1 aliphatic rings. The molecule has 0 spiro atoms. The Morgan fingerprint density at radius 1 is 1.00 bits per heavy atom. The van der Waals surface area contributed by atoms with Gasteiger partial charge in [-0.2, -0.15) is 0 Å². The minimum atomic E-state index is -0.559. The van der Waals surface area contributed by atoms with E-state index in [-0.39, 0.29) is 12.0 Å². The Bertz CT molecular complexity index is 1010. The molecule has 0 saturated carbocycles. The lowest BCUT2D eigenvalue weighted by atomic mass is 10.1. The molecule has 0 radical (unpaired) electrons. The molecule has 31 heavy (non-hydrogen) atoms. The van der Waals surface area contributed by atoms with E-state index in [2.05, 4.69) is 10.6 Å². The number of hydrogen-bond donors (Lipinski definition) is 2. The van der Waals surface area contributed by atoms with Gasteiger partial charge in [0, 0.05) is 6.54 Å². The van der Waals surface area contributed by atoms with Crippen LogP contribution in [0.3, 0.4) is 0 Å². The van der Waals surface area contributed by atoms with Gasteiger partial charge in [0.1, 0.15) is 24.5 Å². The van der Waals surface area contributed by atoms with Gasteiger partial charge >= 0.3 is 0 Å². The van der Waals surface area contributed by atoms with Crippen LogP contribution in [0.1, 0.15) is 18.5 Å². The second kappa shape index (κ2) is 10.00. The summed E-state index contributed by atoms with van der Waals surface area (Å²) < 4.78 is 17.5. The van der Waals surface area contributed by atoms with Crippen molar-refractivity contribution >= 4 is 11.6 Å². The van der Waals surface area contributed by atoms with Crippen LogP contribution in [-0.4, -0.2) is 31.8 Å². The van der Waals surface area contributed by atoms with Crippen LogP contribution in [0.15, 0.2) is 78.9 Å². The van der Waals surface area contributed by atoms with Crippen molar-refractivity contribution in [2.24, 2.45) is 0 Å². The number of carbonyl (C=O) groups is 1. The topological polar surface area (TPSA) is 68.8 Å². The molecule has 4 rings (SSSR count). The van der Waals surface area contributed by atoms with Gasteiger partial charge in [-0.1, -0.05) is 54.6 Å². The summed E-state index contributed by atoms with van der Waals surface area (Å²) >= 11 is 0. The molecule has 0 saturated heterocycles. The van der Waals surface area contributed by atoms with E-state index >= 15 is 0 Å². The highest BCUT2D eigenvalue weighted by atomic mass is 16.6.